The number of sulfonamides is 2. The first-order valence-corrected chi connectivity index (χ1v) is 18.3. The molecule has 2 saturated heterocycles. The van der Waals surface area contributed by atoms with Crippen molar-refractivity contribution in [3.8, 4) is 0 Å². The molecule has 0 amide bonds. The van der Waals surface area contributed by atoms with Gasteiger partial charge in [-0.15, -0.1) is 4.40 Å². The first kappa shape index (κ1) is 33.1. The molecule has 10 nitrogen and oxygen atoms in total. The van der Waals surface area contributed by atoms with Gasteiger partial charge in [-0.25, -0.2) is 8.42 Å². The van der Waals surface area contributed by atoms with Gasteiger partial charge in [0, 0.05) is 45.0 Å². The average molecular weight is 654 g/mol. The highest BCUT2D eigenvalue weighted by molar-refractivity contribution is 7.90. The molecule has 2 aliphatic rings. The zero-order chi connectivity index (χ0) is 32.2. The van der Waals surface area contributed by atoms with E-state index in [4.69, 9.17) is 4.74 Å². The zero-order valence-corrected chi connectivity index (χ0v) is 28.1. The standard InChI is InChI=1S/C33H43N5O5S2/c1-5-36(6-2)29-13-11-28(12-14-29)33-37(19-20-38(33)45(41,42)31-17-9-27(4)10-18-31)32(25-35-21-23-43-24-22-35)34-44(39,40)30-15-7-26(3)8-16-30/h7-18,33H,5-6,19-25H2,1-4H3/b34-32-. The van der Waals surface area contributed by atoms with E-state index < -0.39 is 26.2 Å². The topological polar surface area (TPSA) is 103 Å². The molecule has 0 radical (unpaired) electrons. The van der Waals surface area contributed by atoms with Crippen molar-refractivity contribution in [3.05, 3.63) is 89.5 Å². The summed E-state index contributed by atoms with van der Waals surface area (Å²) in [6.45, 7) is 12.7. The summed E-state index contributed by atoms with van der Waals surface area (Å²) in [6.07, 6.45) is -0.796. The third kappa shape index (κ3) is 7.41. The molecule has 12 heteroatoms. The summed E-state index contributed by atoms with van der Waals surface area (Å²) in [5.74, 6) is 0.303. The molecular formula is C33H43N5O5S2. The maximum Gasteiger partial charge on any atom is 0.283 e. The molecule has 5 rings (SSSR count). The van der Waals surface area contributed by atoms with Crippen LogP contribution in [-0.2, 0) is 24.8 Å². The third-order valence-electron chi connectivity index (χ3n) is 8.42. The van der Waals surface area contributed by atoms with Crippen molar-refractivity contribution in [2.75, 3.05) is 63.9 Å². The van der Waals surface area contributed by atoms with E-state index in [0.29, 0.717) is 32.1 Å². The fourth-order valence-electron chi connectivity index (χ4n) is 5.80. The lowest BCUT2D eigenvalue weighted by molar-refractivity contribution is 0.0438. The number of hydrogen-bond acceptors (Lipinski definition) is 7. The molecule has 0 N–H and O–H groups in total. The number of nitrogens with zero attached hydrogens (tertiary/aromatic N) is 5. The minimum atomic E-state index is -4.09. The maximum atomic E-state index is 14.2. The van der Waals surface area contributed by atoms with Gasteiger partial charge in [-0.1, -0.05) is 47.5 Å². The first-order valence-electron chi connectivity index (χ1n) is 15.4. The average Bonchev–Trinajstić information content (AvgIpc) is 3.49. The molecule has 45 heavy (non-hydrogen) atoms. The van der Waals surface area contributed by atoms with E-state index in [1.807, 2.05) is 43.0 Å². The summed E-state index contributed by atoms with van der Waals surface area (Å²) in [7, 11) is -8.04. The highest BCUT2D eigenvalue weighted by Crippen LogP contribution is 2.37. The first-order chi connectivity index (χ1) is 21.5. The Bertz CT molecular complexity index is 1680. The van der Waals surface area contributed by atoms with E-state index in [-0.39, 0.29) is 29.4 Å². The van der Waals surface area contributed by atoms with Crippen molar-refractivity contribution in [3.63, 3.8) is 0 Å². The molecule has 0 bridgehead atoms. The van der Waals surface area contributed by atoms with Crippen molar-refractivity contribution in [1.29, 1.82) is 0 Å². The molecule has 2 fully saturated rings. The van der Waals surface area contributed by atoms with Gasteiger partial charge in [0.05, 0.1) is 29.5 Å². The van der Waals surface area contributed by atoms with Crippen molar-refractivity contribution >= 4 is 31.6 Å². The van der Waals surface area contributed by atoms with Crippen molar-refractivity contribution in [1.82, 2.24) is 14.1 Å². The number of anilines is 1. The Kier molecular flexibility index (Phi) is 10.3. The Balaban J connectivity index is 1.62. The van der Waals surface area contributed by atoms with Gasteiger partial charge >= 0.3 is 0 Å². The Morgan fingerprint density at radius 2 is 1.33 bits per heavy atom. The van der Waals surface area contributed by atoms with Crippen LogP contribution in [0.4, 0.5) is 5.69 Å². The second-order valence-corrected chi connectivity index (χ2v) is 14.9. The van der Waals surface area contributed by atoms with Crippen LogP contribution in [0, 0.1) is 13.8 Å². The fourth-order valence-corrected chi connectivity index (χ4v) is 8.40. The van der Waals surface area contributed by atoms with Crippen molar-refractivity contribution in [2.24, 2.45) is 4.40 Å². The van der Waals surface area contributed by atoms with Crippen LogP contribution >= 0.6 is 0 Å². The normalized spacial score (nSPS) is 18.8. The second-order valence-electron chi connectivity index (χ2n) is 11.4. The number of ether oxygens (including phenoxy) is 1. The maximum absolute atomic E-state index is 14.2. The lowest BCUT2D eigenvalue weighted by Gasteiger charge is -2.35. The van der Waals surface area contributed by atoms with E-state index in [1.165, 1.54) is 4.31 Å². The highest BCUT2D eigenvalue weighted by atomic mass is 32.2. The van der Waals surface area contributed by atoms with Crippen molar-refractivity contribution < 1.29 is 21.6 Å². The van der Waals surface area contributed by atoms with Crippen LogP contribution in [0.2, 0.25) is 0 Å². The largest absolute Gasteiger partial charge is 0.379 e. The van der Waals surface area contributed by atoms with E-state index in [0.717, 1.165) is 35.5 Å². The van der Waals surface area contributed by atoms with Gasteiger partial charge in [0.25, 0.3) is 10.0 Å². The monoisotopic (exact) mass is 653 g/mol. The van der Waals surface area contributed by atoms with Gasteiger partial charge in [-0.05, 0) is 69.7 Å². The molecule has 2 aliphatic heterocycles. The molecule has 2 heterocycles. The summed E-state index contributed by atoms with van der Waals surface area (Å²) in [4.78, 5) is 6.45. The summed E-state index contributed by atoms with van der Waals surface area (Å²) < 4.78 is 67.3. The van der Waals surface area contributed by atoms with Crippen LogP contribution in [0.25, 0.3) is 0 Å². The van der Waals surface area contributed by atoms with E-state index >= 15 is 0 Å². The van der Waals surface area contributed by atoms with Gasteiger partial charge in [0.2, 0.25) is 10.0 Å². The minimum Gasteiger partial charge on any atom is -0.379 e. The second kappa shape index (κ2) is 14.0. The Labute approximate surface area is 268 Å². The summed E-state index contributed by atoms with van der Waals surface area (Å²) >= 11 is 0. The van der Waals surface area contributed by atoms with E-state index in [9.17, 15) is 16.8 Å². The Morgan fingerprint density at radius 3 is 1.89 bits per heavy atom. The predicted octanol–water partition coefficient (Wildman–Crippen LogP) is 4.27. The molecule has 0 saturated carbocycles. The SMILES string of the molecule is CCN(CC)c1ccc(C2N(/C(CN3CCOCC3)=N\S(=O)(=O)c3ccc(C)cc3)CCN2S(=O)(=O)c2ccc(C)cc2)cc1. The van der Waals surface area contributed by atoms with Crippen LogP contribution in [0.1, 0.15) is 36.7 Å². The predicted molar refractivity (Wildman–Crippen MR) is 178 cm³/mol. The lowest BCUT2D eigenvalue weighted by atomic mass is 10.1. The van der Waals surface area contributed by atoms with Crippen LogP contribution in [0.15, 0.2) is 87.0 Å². The molecule has 0 aromatic heterocycles. The quantitative estimate of drug-likeness (QED) is 0.236. The van der Waals surface area contributed by atoms with Gasteiger partial charge < -0.3 is 14.5 Å². The number of aryl methyl sites for hydroxylation is 2. The van der Waals surface area contributed by atoms with E-state index in [2.05, 4.69) is 28.0 Å². The van der Waals surface area contributed by atoms with Crippen molar-refractivity contribution in [2.45, 2.75) is 43.7 Å². The number of morpholine rings is 1. The molecule has 0 aliphatic carbocycles. The van der Waals surface area contributed by atoms with Crippen LogP contribution in [0.5, 0.6) is 0 Å². The molecule has 242 valence electrons. The number of hydrogen-bond donors (Lipinski definition) is 0. The summed E-state index contributed by atoms with van der Waals surface area (Å²) in [5.41, 5.74) is 3.67. The molecule has 1 atom stereocenters. The molecular weight excluding hydrogens is 611 g/mol. The van der Waals surface area contributed by atoms with Gasteiger partial charge in [-0.2, -0.15) is 12.7 Å². The van der Waals surface area contributed by atoms with Gasteiger partial charge in [-0.3, -0.25) is 4.90 Å². The number of rotatable bonds is 10. The number of amidine groups is 1. The smallest absolute Gasteiger partial charge is 0.283 e. The Hall–Kier alpha value is -3.29. The molecule has 3 aromatic rings. The molecule has 1 unspecified atom stereocenters. The Morgan fingerprint density at radius 1 is 0.778 bits per heavy atom. The highest BCUT2D eigenvalue weighted by Gasteiger charge is 2.43. The third-order valence-corrected chi connectivity index (χ3v) is 11.6. The van der Waals surface area contributed by atoms with Gasteiger partial charge in [0.1, 0.15) is 12.0 Å². The molecule has 3 aromatic carbocycles. The minimum absolute atomic E-state index is 0.0935. The zero-order valence-electron chi connectivity index (χ0n) is 26.5. The number of benzene rings is 3. The van der Waals surface area contributed by atoms with E-state index in [1.54, 1.807) is 48.5 Å². The molecule has 0 spiro atoms. The summed E-state index contributed by atoms with van der Waals surface area (Å²) in [6, 6.07) is 21.3. The van der Waals surface area contributed by atoms with Crippen LogP contribution in [-0.4, -0.2) is 95.8 Å². The van der Waals surface area contributed by atoms with Crippen LogP contribution in [0.3, 0.4) is 0 Å². The lowest BCUT2D eigenvalue weighted by Crippen LogP contribution is -2.46. The summed E-state index contributed by atoms with van der Waals surface area (Å²) in [5, 5.41) is 0. The fraction of sp³-hybridized carbons (Fsp3) is 0.424. The van der Waals surface area contributed by atoms with Crippen LogP contribution < -0.4 is 4.90 Å². The van der Waals surface area contributed by atoms with Gasteiger partial charge in [0.15, 0.2) is 0 Å².